The van der Waals surface area contributed by atoms with Gasteiger partial charge in [0.25, 0.3) is 5.91 Å². The van der Waals surface area contributed by atoms with Crippen molar-refractivity contribution < 1.29 is 9.90 Å². The summed E-state index contributed by atoms with van der Waals surface area (Å²) >= 11 is 0. The van der Waals surface area contributed by atoms with Crippen molar-refractivity contribution >= 4 is 11.7 Å². The first kappa shape index (κ1) is 12.9. The number of carbonyl (C=O) groups excluding carboxylic acids is 1. The molecule has 0 spiro atoms. The molecule has 0 aliphatic carbocycles. The van der Waals surface area contributed by atoms with Crippen LogP contribution in [0, 0.1) is 6.92 Å². The molecule has 0 atom stereocenters. The number of aromatic nitrogens is 2. The molecule has 0 aliphatic heterocycles. The molecule has 2 rings (SSSR count). The van der Waals surface area contributed by atoms with E-state index in [1.54, 1.807) is 43.0 Å². The van der Waals surface area contributed by atoms with Gasteiger partial charge in [0.1, 0.15) is 11.6 Å². The number of carbonyl (C=O) groups is 1. The first-order chi connectivity index (χ1) is 9.00. The van der Waals surface area contributed by atoms with Crippen molar-refractivity contribution in [1.29, 1.82) is 0 Å². The third-order valence-electron chi connectivity index (χ3n) is 3.05. The summed E-state index contributed by atoms with van der Waals surface area (Å²) in [6, 6.07) is 4.85. The summed E-state index contributed by atoms with van der Waals surface area (Å²) in [6.45, 7) is 2.00. The monoisotopic (exact) mass is 260 g/mol. The molecule has 6 heteroatoms. The van der Waals surface area contributed by atoms with E-state index < -0.39 is 0 Å². The Bertz CT molecular complexity index is 619. The van der Waals surface area contributed by atoms with Crippen LogP contribution in [0.25, 0.3) is 0 Å². The van der Waals surface area contributed by atoms with Gasteiger partial charge in [-0.05, 0) is 19.1 Å². The predicted molar refractivity (Wildman–Crippen MR) is 71.6 cm³/mol. The zero-order chi connectivity index (χ0) is 14.0. The fraction of sp³-hybridized carbons (Fsp3) is 0.231. The topological polar surface area (TPSA) is 93.2 Å². The van der Waals surface area contributed by atoms with E-state index in [1.165, 1.54) is 0 Å². The standard InChI is InChI=1S/C13H16N4O2/c1-8-10(4-3-5-11(8)18)13(19)15-6-9-7-16-17(2)12(9)14/h3-5,7,18H,6,14H2,1-2H3,(H,15,19). The fourth-order valence-electron chi connectivity index (χ4n) is 1.77. The quantitative estimate of drug-likeness (QED) is 0.765. The summed E-state index contributed by atoms with van der Waals surface area (Å²) in [5.41, 5.74) is 7.55. The van der Waals surface area contributed by atoms with Crippen LogP contribution in [0.3, 0.4) is 0 Å². The largest absolute Gasteiger partial charge is 0.508 e. The SMILES string of the molecule is Cc1c(O)cccc1C(=O)NCc1cnn(C)c1N. The van der Waals surface area contributed by atoms with Crippen molar-refractivity contribution in [2.45, 2.75) is 13.5 Å². The molecule has 100 valence electrons. The number of anilines is 1. The van der Waals surface area contributed by atoms with Crippen molar-refractivity contribution in [3.05, 3.63) is 41.1 Å². The number of nitrogens with two attached hydrogens (primary N) is 1. The Kier molecular flexibility index (Phi) is 3.41. The maximum atomic E-state index is 12.0. The number of benzene rings is 1. The lowest BCUT2D eigenvalue weighted by atomic mass is 10.1. The van der Waals surface area contributed by atoms with Crippen molar-refractivity contribution in [2.24, 2.45) is 7.05 Å². The molecule has 19 heavy (non-hydrogen) atoms. The summed E-state index contributed by atoms with van der Waals surface area (Å²) in [5.74, 6) is 0.373. The molecule has 6 nitrogen and oxygen atoms in total. The summed E-state index contributed by atoms with van der Waals surface area (Å²) in [5, 5.41) is 16.3. The predicted octanol–water partition coefficient (Wildman–Crippen LogP) is 0.946. The lowest BCUT2D eigenvalue weighted by Crippen LogP contribution is -2.23. The van der Waals surface area contributed by atoms with Gasteiger partial charge < -0.3 is 16.2 Å². The number of nitrogens with one attached hydrogen (secondary N) is 1. The summed E-state index contributed by atoms with van der Waals surface area (Å²) in [6.07, 6.45) is 1.62. The van der Waals surface area contributed by atoms with Crippen LogP contribution in [0.15, 0.2) is 24.4 Å². The van der Waals surface area contributed by atoms with E-state index in [-0.39, 0.29) is 11.7 Å². The van der Waals surface area contributed by atoms with E-state index >= 15 is 0 Å². The number of rotatable bonds is 3. The first-order valence-corrected chi connectivity index (χ1v) is 5.84. The number of aryl methyl sites for hydroxylation is 1. The van der Waals surface area contributed by atoms with Crippen molar-refractivity contribution in [3.8, 4) is 5.75 Å². The van der Waals surface area contributed by atoms with Gasteiger partial charge in [-0.3, -0.25) is 9.48 Å². The Labute approximate surface area is 110 Å². The van der Waals surface area contributed by atoms with Crippen molar-refractivity contribution in [3.63, 3.8) is 0 Å². The fourth-order valence-corrected chi connectivity index (χ4v) is 1.77. The average molecular weight is 260 g/mol. The highest BCUT2D eigenvalue weighted by Gasteiger charge is 2.12. The van der Waals surface area contributed by atoms with Crippen LogP contribution in [0.5, 0.6) is 5.75 Å². The van der Waals surface area contributed by atoms with Gasteiger partial charge in [0.15, 0.2) is 0 Å². The highest BCUT2D eigenvalue weighted by atomic mass is 16.3. The number of nitrogens with zero attached hydrogens (tertiary/aromatic N) is 2. The Hall–Kier alpha value is -2.50. The van der Waals surface area contributed by atoms with Crippen molar-refractivity contribution in [2.75, 3.05) is 5.73 Å². The van der Waals surface area contributed by atoms with E-state index in [0.29, 0.717) is 23.5 Å². The highest BCUT2D eigenvalue weighted by molar-refractivity contribution is 5.96. The first-order valence-electron chi connectivity index (χ1n) is 5.84. The maximum absolute atomic E-state index is 12.0. The van der Waals surface area contributed by atoms with E-state index in [1.807, 2.05) is 0 Å². The molecule has 1 aromatic carbocycles. The minimum atomic E-state index is -0.253. The highest BCUT2D eigenvalue weighted by Crippen LogP contribution is 2.19. The second-order valence-electron chi connectivity index (χ2n) is 4.31. The van der Waals surface area contributed by atoms with Crippen LogP contribution in [0.4, 0.5) is 5.82 Å². The van der Waals surface area contributed by atoms with Gasteiger partial charge in [0, 0.05) is 30.3 Å². The summed E-state index contributed by atoms with van der Waals surface area (Å²) < 4.78 is 1.54. The molecular weight excluding hydrogens is 244 g/mol. The normalized spacial score (nSPS) is 10.4. The minimum absolute atomic E-state index is 0.105. The maximum Gasteiger partial charge on any atom is 0.251 e. The van der Waals surface area contributed by atoms with Crippen LogP contribution >= 0.6 is 0 Å². The molecule has 0 bridgehead atoms. The number of phenolic OH excluding ortho intramolecular Hbond substituents is 1. The molecule has 0 unspecified atom stereocenters. The number of nitrogen functional groups attached to an aromatic ring is 1. The smallest absolute Gasteiger partial charge is 0.251 e. The molecular formula is C13H16N4O2. The Morgan fingerprint density at radius 1 is 1.53 bits per heavy atom. The lowest BCUT2D eigenvalue weighted by Gasteiger charge is -2.08. The van der Waals surface area contributed by atoms with Gasteiger partial charge >= 0.3 is 0 Å². The zero-order valence-corrected chi connectivity index (χ0v) is 10.8. The van der Waals surface area contributed by atoms with Gasteiger partial charge in [0.2, 0.25) is 0 Å². The lowest BCUT2D eigenvalue weighted by molar-refractivity contribution is 0.0950. The molecule has 2 aromatic rings. The summed E-state index contributed by atoms with van der Waals surface area (Å²) in [7, 11) is 1.74. The molecule has 0 saturated carbocycles. The molecule has 1 heterocycles. The number of hydrogen-bond acceptors (Lipinski definition) is 4. The van der Waals surface area contributed by atoms with Gasteiger partial charge in [-0.1, -0.05) is 6.07 Å². The molecule has 0 saturated heterocycles. The van der Waals surface area contributed by atoms with Crippen LogP contribution in [-0.4, -0.2) is 20.8 Å². The van der Waals surface area contributed by atoms with Gasteiger partial charge in [-0.2, -0.15) is 5.10 Å². The van der Waals surface area contributed by atoms with Crippen molar-refractivity contribution in [1.82, 2.24) is 15.1 Å². The van der Waals surface area contributed by atoms with E-state index in [0.717, 1.165) is 5.56 Å². The second-order valence-corrected chi connectivity index (χ2v) is 4.31. The van der Waals surface area contributed by atoms with Gasteiger partial charge in [-0.25, -0.2) is 0 Å². The average Bonchev–Trinajstić information content (AvgIpc) is 2.70. The van der Waals surface area contributed by atoms with Crippen LogP contribution < -0.4 is 11.1 Å². The third kappa shape index (κ3) is 2.52. The van der Waals surface area contributed by atoms with Crippen LogP contribution in [0.1, 0.15) is 21.5 Å². The minimum Gasteiger partial charge on any atom is -0.508 e. The Balaban J connectivity index is 2.10. The Morgan fingerprint density at radius 2 is 2.26 bits per heavy atom. The molecule has 1 aromatic heterocycles. The summed E-state index contributed by atoms with van der Waals surface area (Å²) in [4.78, 5) is 12.0. The molecule has 0 aliphatic rings. The zero-order valence-electron chi connectivity index (χ0n) is 10.8. The second kappa shape index (κ2) is 5.01. The molecule has 4 N–H and O–H groups in total. The number of amides is 1. The van der Waals surface area contributed by atoms with Gasteiger partial charge in [-0.15, -0.1) is 0 Å². The van der Waals surface area contributed by atoms with Crippen LogP contribution in [0.2, 0.25) is 0 Å². The van der Waals surface area contributed by atoms with E-state index in [9.17, 15) is 9.90 Å². The number of aromatic hydroxyl groups is 1. The third-order valence-corrected chi connectivity index (χ3v) is 3.05. The van der Waals surface area contributed by atoms with Crippen LogP contribution in [-0.2, 0) is 13.6 Å². The van der Waals surface area contributed by atoms with E-state index in [4.69, 9.17) is 5.73 Å². The van der Waals surface area contributed by atoms with Gasteiger partial charge in [0.05, 0.1) is 6.20 Å². The molecule has 1 amide bonds. The van der Waals surface area contributed by atoms with E-state index in [2.05, 4.69) is 10.4 Å². The Morgan fingerprint density at radius 3 is 2.89 bits per heavy atom. The number of phenols is 1. The molecule has 0 radical (unpaired) electrons. The molecule has 0 fully saturated rings. The number of hydrogen-bond donors (Lipinski definition) is 3.